The van der Waals surface area contributed by atoms with E-state index in [1.54, 1.807) is 0 Å². The maximum atomic E-state index is 12.1. The Kier molecular flexibility index (Phi) is 5.17. The number of alkyl carbamates (subject to hydrolysis) is 1. The summed E-state index contributed by atoms with van der Waals surface area (Å²) in [4.78, 5) is 23.2. The quantitative estimate of drug-likeness (QED) is 0.806. The Hall–Kier alpha value is -2.62. The summed E-state index contributed by atoms with van der Waals surface area (Å²) in [6.07, 6.45) is 0.828. The third-order valence-corrected chi connectivity index (χ3v) is 4.54. The van der Waals surface area contributed by atoms with E-state index in [0.29, 0.717) is 12.3 Å². The minimum absolute atomic E-state index is 0.0259. The predicted octanol–water partition coefficient (Wildman–Crippen LogP) is 4.14. The number of aldehydes is 1. The summed E-state index contributed by atoms with van der Waals surface area (Å²) in [6, 6.07) is 15.9. The van der Waals surface area contributed by atoms with Gasteiger partial charge in [-0.15, -0.1) is 0 Å². The first-order valence-electron chi connectivity index (χ1n) is 8.67. The molecular weight excluding hydrogens is 314 g/mol. The first-order chi connectivity index (χ1) is 12.1. The van der Waals surface area contributed by atoms with Gasteiger partial charge in [0.05, 0.1) is 6.04 Å². The maximum absolute atomic E-state index is 12.1. The molecular formula is C21H23NO3. The molecule has 1 aliphatic rings. The highest BCUT2D eigenvalue weighted by Crippen LogP contribution is 2.44. The van der Waals surface area contributed by atoms with Crippen LogP contribution in [0.1, 0.15) is 37.3 Å². The Balaban J connectivity index is 1.69. The van der Waals surface area contributed by atoms with Crippen LogP contribution in [-0.4, -0.2) is 25.0 Å². The summed E-state index contributed by atoms with van der Waals surface area (Å²) < 4.78 is 5.44. The van der Waals surface area contributed by atoms with Gasteiger partial charge in [-0.05, 0) is 34.6 Å². The molecule has 2 aromatic rings. The molecule has 0 radical (unpaired) electrons. The van der Waals surface area contributed by atoms with Crippen LogP contribution in [-0.2, 0) is 9.53 Å². The van der Waals surface area contributed by atoms with Gasteiger partial charge in [0.15, 0.2) is 0 Å². The van der Waals surface area contributed by atoms with Crippen molar-refractivity contribution < 1.29 is 14.3 Å². The number of ether oxygens (including phenoxy) is 1. The number of carbonyl (C=O) groups is 2. The van der Waals surface area contributed by atoms with Crippen LogP contribution in [0.3, 0.4) is 0 Å². The number of nitrogens with one attached hydrogen (secondary N) is 1. The van der Waals surface area contributed by atoms with Crippen molar-refractivity contribution in [2.24, 2.45) is 5.92 Å². The van der Waals surface area contributed by atoms with Gasteiger partial charge in [0.1, 0.15) is 12.9 Å². The van der Waals surface area contributed by atoms with Crippen molar-refractivity contribution in [3.8, 4) is 11.1 Å². The second-order valence-corrected chi connectivity index (χ2v) is 6.84. The standard InChI is InChI=1S/C21H23NO3/c1-14(2)11-15(12-23)22-21(24)25-13-20-18-9-5-3-7-16(18)17-8-4-6-10-19(17)20/h3-10,12,14-15,20H,11,13H2,1-2H3,(H,22,24). The molecule has 0 aromatic heterocycles. The first kappa shape index (κ1) is 17.2. The average Bonchev–Trinajstić information content (AvgIpc) is 2.93. The highest BCUT2D eigenvalue weighted by molar-refractivity contribution is 5.79. The number of hydrogen-bond donors (Lipinski definition) is 1. The molecule has 0 spiro atoms. The summed E-state index contributed by atoms with van der Waals surface area (Å²) in [7, 11) is 0. The van der Waals surface area contributed by atoms with Gasteiger partial charge in [0.2, 0.25) is 0 Å². The highest BCUT2D eigenvalue weighted by Gasteiger charge is 2.29. The molecule has 0 saturated heterocycles. The molecule has 2 aromatic carbocycles. The second-order valence-electron chi connectivity index (χ2n) is 6.84. The molecule has 0 aliphatic heterocycles. The van der Waals surface area contributed by atoms with Crippen LogP contribution >= 0.6 is 0 Å². The van der Waals surface area contributed by atoms with Crippen molar-refractivity contribution in [2.45, 2.75) is 32.2 Å². The summed E-state index contributed by atoms with van der Waals surface area (Å²) >= 11 is 0. The van der Waals surface area contributed by atoms with E-state index in [1.807, 2.05) is 38.1 Å². The topological polar surface area (TPSA) is 55.4 Å². The molecule has 130 valence electrons. The fourth-order valence-corrected chi connectivity index (χ4v) is 3.45. The molecule has 0 saturated carbocycles. The monoisotopic (exact) mass is 337 g/mol. The number of benzene rings is 2. The van der Waals surface area contributed by atoms with Gasteiger partial charge in [-0.1, -0.05) is 62.4 Å². The van der Waals surface area contributed by atoms with E-state index in [1.165, 1.54) is 22.3 Å². The molecule has 0 fully saturated rings. The predicted molar refractivity (Wildman–Crippen MR) is 97.5 cm³/mol. The summed E-state index contributed by atoms with van der Waals surface area (Å²) in [5.74, 6) is 0.349. The molecule has 25 heavy (non-hydrogen) atoms. The normalized spacial score (nSPS) is 13.9. The van der Waals surface area contributed by atoms with Crippen molar-refractivity contribution in [3.63, 3.8) is 0 Å². The highest BCUT2D eigenvalue weighted by atomic mass is 16.5. The Morgan fingerprint density at radius 1 is 1.08 bits per heavy atom. The van der Waals surface area contributed by atoms with E-state index < -0.39 is 12.1 Å². The first-order valence-corrected chi connectivity index (χ1v) is 8.67. The minimum atomic E-state index is -0.542. The van der Waals surface area contributed by atoms with Crippen LogP contribution in [0.4, 0.5) is 4.79 Å². The van der Waals surface area contributed by atoms with E-state index in [9.17, 15) is 9.59 Å². The summed E-state index contributed by atoms with van der Waals surface area (Å²) in [5, 5.41) is 2.64. The van der Waals surface area contributed by atoms with Gasteiger partial charge < -0.3 is 14.8 Å². The fraction of sp³-hybridized carbons (Fsp3) is 0.333. The van der Waals surface area contributed by atoms with Gasteiger partial charge in [0, 0.05) is 5.92 Å². The third kappa shape index (κ3) is 3.73. The molecule has 3 rings (SSSR count). The van der Waals surface area contributed by atoms with Crippen molar-refractivity contribution in [2.75, 3.05) is 6.61 Å². The number of carbonyl (C=O) groups excluding carboxylic acids is 2. The van der Waals surface area contributed by atoms with E-state index in [0.717, 1.165) is 6.29 Å². The van der Waals surface area contributed by atoms with Crippen LogP contribution in [0.2, 0.25) is 0 Å². The molecule has 1 atom stereocenters. The van der Waals surface area contributed by atoms with Crippen molar-refractivity contribution >= 4 is 12.4 Å². The Labute approximate surface area is 148 Å². The number of rotatable bonds is 6. The minimum Gasteiger partial charge on any atom is -0.449 e. The second kappa shape index (κ2) is 7.51. The van der Waals surface area contributed by atoms with Crippen LogP contribution in [0.25, 0.3) is 11.1 Å². The van der Waals surface area contributed by atoms with Crippen LogP contribution in [0, 0.1) is 5.92 Å². The maximum Gasteiger partial charge on any atom is 0.407 e. The number of amides is 1. The van der Waals surface area contributed by atoms with Gasteiger partial charge in [0.25, 0.3) is 0 Å². The Morgan fingerprint density at radius 2 is 1.64 bits per heavy atom. The van der Waals surface area contributed by atoms with Gasteiger partial charge >= 0.3 is 6.09 Å². The lowest BCUT2D eigenvalue weighted by Crippen LogP contribution is -2.37. The molecule has 1 aliphatic carbocycles. The lowest BCUT2D eigenvalue weighted by atomic mass is 9.98. The van der Waals surface area contributed by atoms with E-state index >= 15 is 0 Å². The number of fused-ring (bicyclic) bond motifs is 3. The average molecular weight is 337 g/mol. The smallest absolute Gasteiger partial charge is 0.407 e. The Bertz CT molecular complexity index is 724. The molecule has 1 N–H and O–H groups in total. The van der Waals surface area contributed by atoms with Gasteiger partial charge in [-0.25, -0.2) is 4.79 Å². The van der Waals surface area contributed by atoms with E-state index in [-0.39, 0.29) is 12.5 Å². The lowest BCUT2D eigenvalue weighted by Gasteiger charge is -2.17. The van der Waals surface area contributed by atoms with Crippen molar-refractivity contribution in [1.82, 2.24) is 5.32 Å². The molecule has 0 bridgehead atoms. The molecule has 4 heteroatoms. The molecule has 0 heterocycles. The van der Waals surface area contributed by atoms with Gasteiger partial charge in [-0.3, -0.25) is 0 Å². The molecule has 1 amide bonds. The zero-order chi connectivity index (χ0) is 17.8. The summed E-state index contributed by atoms with van der Waals surface area (Å²) in [6.45, 7) is 4.28. The SMILES string of the molecule is CC(C)CC(C=O)NC(=O)OCC1c2ccccc2-c2ccccc21. The van der Waals surface area contributed by atoms with E-state index in [2.05, 4.69) is 29.6 Å². The van der Waals surface area contributed by atoms with Crippen molar-refractivity contribution in [3.05, 3.63) is 59.7 Å². The van der Waals surface area contributed by atoms with Crippen LogP contribution < -0.4 is 5.32 Å². The fourth-order valence-electron chi connectivity index (χ4n) is 3.45. The largest absolute Gasteiger partial charge is 0.449 e. The zero-order valence-corrected chi connectivity index (χ0v) is 14.6. The number of hydrogen-bond acceptors (Lipinski definition) is 3. The van der Waals surface area contributed by atoms with Crippen molar-refractivity contribution in [1.29, 1.82) is 0 Å². The Morgan fingerprint density at radius 3 is 2.16 bits per heavy atom. The van der Waals surface area contributed by atoms with Crippen LogP contribution in [0.15, 0.2) is 48.5 Å². The zero-order valence-electron chi connectivity index (χ0n) is 14.6. The molecule has 4 nitrogen and oxygen atoms in total. The van der Waals surface area contributed by atoms with E-state index in [4.69, 9.17) is 4.74 Å². The van der Waals surface area contributed by atoms with Crippen LogP contribution in [0.5, 0.6) is 0 Å². The summed E-state index contributed by atoms with van der Waals surface area (Å²) in [5.41, 5.74) is 4.73. The third-order valence-electron chi connectivity index (χ3n) is 4.54. The molecule has 1 unspecified atom stereocenters. The van der Waals surface area contributed by atoms with Gasteiger partial charge in [-0.2, -0.15) is 0 Å². The lowest BCUT2D eigenvalue weighted by molar-refractivity contribution is -0.109.